The second-order valence-corrected chi connectivity index (χ2v) is 6.16. The Hall–Kier alpha value is -4.14. The molecule has 0 heterocycles. The average Bonchev–Trinajstić information content (AvgIpc) is 2.70. The molecule has 0 fully saturated rings. The van der Waals surface area contributed by atoms with Gasteiger partial charge in [-0.25, -0.2) is 0 Å². The van der Waals surface area contributed by atoms with Crippen LogP contribution in [0.5, 0.6) is 0 Å². The minimum Gasteiger partial charge on any atom is -0.385 e. The summed E-state index contributed by atoms with van der Waals surface area (Å²) >= 11 is 0. The molecule has 0 aromatic heterocycles. The van der Waals surface area contributed by atoms with Gasteiger partial charge in [-0.1, -0.05) is 30.8 Å². The molecule has 9 nitrogen and oxygen atoms in total. The van der Waals surface area contributed by atoms with Crippen LogP contribution in [0.3, 0.4) is 0 Å². The number of benzene rings is 2. The Balaban J connectivity index is 2.12. The van der Waals surface area contributed by atoms with Gasteiger partial charge >= 0.3 is 0 Å². The molecular weight excluding hydrogens is 368 g/mol. The highest BCUT2D eigenvalue weighted by Gasteiger charge is 2.08. The molecule has 0 spiro atoms. The summed E-state index contributed by atoms with van der Waals surface area (Å²) in [5.41, 5.74) is 22.7. The highest BCUT2D eigenvalue weighted by molar-refractivity contribution is 6.06. The summed E-state index contributed by atoms with van der Waals surface area (Å²) in [6.45, 7) is 7.11. The molecule has 0 aliphatic heterocycles. The van der Waals surface area contributed by atoms with Crippen molar-refractivity contribution in [1.82, 2.24) is 5.43 Å². The van der Waals surface area contributed by atoms with Crippen LogP contribution < -0.4 is 27.9 Å². The van der Waals surface area contributed by atoms with Crippen molar-refractivity contribution in [2.45, 2.75) is 13.8 Å². The first-order chi connectivity index (χ1) is 13.8. The Morgan fingerprint density at radius 1 is 0.897 bits per heavy atom. The third-order valence-electron chi connectivity index (χ3n) is 3.79. The lowest BCUT2D eigenvalue weighted by Crippen LogP contribution is -2.22. The summed E-state index contributed by atoms with van der Waals surface area (Å²) in [6.07, 6.45) is 0. The summed E-state index contributed by atoms with van der Waals surface area (Å²) < 4.78 is 0. The molecule has 0 unspecified atom stereocenters. The van der Waals surface area contributed by atoms with Crippen LogP contribution in [0.1, 0.15) is 35.3 Å². The minimum atomic E-state index is -0.240. The van der Waals surface area contributed by atoms with E-state index in [0.717, 1.165) is 11.1 Å². The van der Waals surface area contributed by atoms with E-state index in [-0.39, 0.29) is 17.7 Å². The Labute approximate surface area is 169 Å². The first kappa shape index (κ1) is 21.2. The summed E-state index contributed by atoms with van der Waals surface area (Å²) in [5, 5.41) is 14.5. The Kier molecular flexibility index (Phi) is 7.08. The number of nitrogens with two attached hydrogens (primary N) is 3. The molecule has 1 amide bonds. The van der Waals surface area contributed by atoms with E-state index in [2.05, 4.69) is 32.6 Å². The number of carbonyl (C=O) groups is 1. The fourth-order valence-corrected chi connectivity index (χ4v) is 2.30. The third-order valence-corrected chi connectivity index (χ3v) is 3.79. The number of amides is 1. The largest absolute Gasteiger partial charge is 0.385 e. The SMILES string of the molecule is C=C(N)N/N=C(/C)c1ccc(C(=O)Nc2cccc(/C(C)=N\N=C(N)N)c2)cc1. The number of nitrogens with zero attached hydrogens (tertiary/aromatic N) is 3. The number of hydrogen-bond donors (Lipinski definition) is 5. The third kappa shape index (κ3) is 6.51. The lowest BCUT2D eigenvalue weighted by molar-refractivity contribution is 0.102. The highest BCUT2D eigenvalue weighted by atomic mass is 16.1. The van der Waals surface area contributed by atoms with Gasteiger partial charge in [0.05, 0.1) is 11.4 Å². The maximum atomic E-state index is 12.5. The number of anilines is 1. The van der Waals surface area contributed by atoms with Gasteiger partial charge in [0.25, 0.3) is 5.91 Å². The van der Waals surface area contributed by atoms with E-state index in [0.29, 0.717) is 22.7 Å². The zero-order valence-corrected chi connectivity index (χ0v) is 16.3. The van der Waals surface area contributed by atoms with Crippen LogP contribution >= 0.6 is 0 Å². The molecule has 0 aliphatic rings. The topological polar surface area (TPSA) is 156 Å². The molecule has 29 heavy (non-hydrogen) atoms. The second kappa shape index (κ2) is 9.70. The first-order valence-electron chi connectivity index (χ1n) is 8.66. The molecule has 2 aromatic rings. The lowest BCUT2D eigenvalue weighted by atomic mass is 10.1. The van der Waals surface area contributed by atoms with Crippen molar-refractivity contribution in [3.63, 3.8) is 0 Å². The van der Waals surface area contributed by atoms with Gasteiger partial charge in [0.1, 0.15) is 5.82 Å². The fourth-order valence-electron chi connectivity index (χ4n) is 2.30. The molecule has 0 saturated carbocycles. The maximum Gasteiger partial charge on any atom is 0.255 e. The number of nitrogens with one attached hydrogen (secondary N) is 2. The Morgan fingerprint density at radius 2 is 1.55 bits per heavy atom. The van der Waals surface area contributed by atoms with E-state index < -0.39 is 0 Å². The van der Waals surface area contributed by atoms with Gasteiger partial charge in [-0.05, 0) is 49.2 Å². The van der Waals surface area contributed by atoms with Crippen LogP contribution in [0.2, 0.25) is 0 Å². The predicted molar refractivity (Wildman–Crippen MR) is 118 cm³/mol. The van der Waals surface area contributed by atoms with Crippen molar-refractivity contribution < 1.29 is 4.79 Å². The molecule has 2 aromatic carbocycles. The molecule has 2 rings (SSSR count). The Bertz CT molecular complexity index is 986. The molecule has 150 valence electrons. The number of rotatable bonds is 7. The van der Waals surface area contributed by atoms with Gasteiger partial charge in [0.15, 0.2) is 0 Å². The van der Waals surface area contributed by atoms with Crippen molar-refractivity contribution in [2.75, 3.05) is 5.32 Å². The fraction of sp³-hybridized carbons (Fsp3) is 0.100. The molecule has 0 radical (unpaired) electrons. The van der Waals surface area contributed by atoms with Crippen molar-refractivity contribution in [2.24, 2.45) is 32.5 Å². The van der Waals surface area contributed by atoms with Gasteiger partial charge in [-0.15, -0.1) is 5.10 Å². The van der Waals surface area contributed by atoms with Crippen molar-refractivity contribution in [1.29, 1.82) is 0 Å². The standard InChI is InChI=1S/C20H24N8O/c1-12(25-27-14(3)21)15-7-9-16(10-8-15)19(29)24-18-6-4-5-17(11-18)13(2)26-28-20(22)23/h4-11,27H,3,21H2,1-2H3,(H,24,29)(H4,22,23,28)/b25-12-,26-13-. The molecule has 0 saturated heterocycles. The summed E-state index contributed by atoms with van der Waals surface area (Å²) in [6, 6.07) is 14.3. The van der Waals surface area contributed by atoms with Gasteiger partial charge < -0.3 is 22.5 Å². The average molecular weight is 392 g/mol. The normalized spacial score (nSPS) is 11.5. The van der Waals surface area contributed by atoms with Crippen LogP contribution in [-0.2, 0) is 0 Å². The zero-order chi connectivity index (χ0) is 21.4. The maximum absolute atomic E-state index is 12.5. The second-order valence-electron chi connectivity index (χ2n) is 6.16. The smallest absolute Gasteiger partial charge is 0.255 e. The summed E-state index contributed by atoms with van der Waals surface area (Å²) in [5.74, 6) is -0.113. The van der Waals surface area contributed by atoms with E-state index in [1.165, 1.54) is 0 Å². The Morgan fingerprint density at radius 3 is 2.17 bits per heavy atom. The lowest BCUT2D eigenvalue weighted by Gasteiger charge is -2.08. The van der Waals surface area contributed by atoms with Crippen LogP contribution in [0.4, 0.5) is 5.69 Å². The van der Waals surface area contributed by atoms with Crippen molar-refractivity contribution in [3.05, 3.63) is 77.6 Å². The highest BCUT2D eigenvalue weighted by Crippen LogP contribution is 2.14. The number of hydrogen-bond acceptors (Lipinski definition) is 6. The number of hydrazone groups is 1. The van der Waals surface area contributed by atoms with E-state index in [1.54, 1.807) is 49.4 Å². The molecule has 8 N–H and O–H groups in total. The van der Waals surface area contributed by atoms with Gasteiger partial charge in [-0.2, -0.15) is 10.2 Å². The van der Waals surface area contributed by atoms with Crippen molar-refractivity contribution in [3.8, 4) is 0 Å². The minimum absolute atomic E-state index is 0.124. The summed E-state index contributed by atoms with van der Waals surface area (Å²) in [7, 11) is 0. The number of guanidine groups is 1. The number of carbonyl (C=O) groups excluding carboxylic acids is 1. The quantitative estimate of drug-likeness (QED) is 0.275. The summed E-state index contributed by atoms with van der Waals surface area (Å²) in [4.78, 5) is 12.5. The molecule has 0 aliphatic carbocycles. The van der Waals surface area contributed by atoms with E-state index in [4.69, 9.17) is 17.2 Å². The molecule has 9 heteroatoms. The van der Waals surface area contributed by atoms with Gasteiger partial charge in [0.2, 0.25) is 5.96 Å². The zero-order valence-electron chi connectivity index (χ0n) is 16.3. The van der Waals surface area contributed by atoms with Crippen LogP contribution in [0.25, 0.3) is 0 Å². The monoisotopic (exact) mass is 392 g/mol. The van der Waals surface area contributed by atoms with Crippen molar-refractivity contribution >= 4 is 29.0 Å². The van der Waals surface area contributed by atoms with E-state index in [9.17, 15) is 4.79 Å². The van der Waals surface area contributed by atoms with Gasteiger partial charge in [-0.3, -0.25) is 10.2 Å². The van der Waals surface area contributed by atoms with Crippen LogP contribution in [0.15, 0.2) is 76.2 Å². The molecule has 0 atom stereocenters. The van der Waals surface area contributed by atoms with E-state index >= 15 is 0 Å². The van der Waals surface area contributed by atoms with Crippen LogP contribution in [0, 0.1) is 0 Å². The first-order valence-corrected chi connectivity index (χ1v) is 8.66. The van der Waals surface area contributed by atoms with E-state index in [1.807, 2.05) is 13.0 Å². The molecule has 0 bridgehead atoms. The van der Waals surface area contributed by atoms with Crippen LogP contribution in [-0.4, -0.2) is 23.3 Å². The molecular formula is C20H24N8O. The van der Waals surface area contributed by atoms with Gasteiger partial charge in [0, 0.05) is 11.3 Å². The predicted octanol–water partition coefficient (Wildman–Crippen LogP) is 1.68.